The molecule has 1 unspecified atom stereocenters. The highest BCUT2D eigenvalue weighted by molar-refractivity contribution is 7.10. The average Bonchev–Trinajstić information content (AvgIpc) is 2.98. The van der Waals surface area contributed by atoms with E-state index in [0.29, 0.717) is 23.2 Å². The SMILES string of the molecule is CCCC(NCc1ccc(C(N)=O)cc1Cl)c1cccs1. The molecule has 0 aliphatic rings. The summed E-state index contributed by atoms with van der Waals surface area (Å²) in [6.07, 6.45) is 2.20. The number of nitrogens with one attached hydrogen (secondary N) is 1. The molecule has 0 spiro atoms. The molecule has 3 N–H and O–H groups in total. The van der Waals surface area contributed by atoms with E-state index < -0.39 is 5.91 Å². The van der Waals surface area contributed by atoms with Gasteiger partial charge in [0, 0.05) is 28.0 Å². The third-order valence-electron chi connectivity index (χ3n) is 3.34. The number of carbonyl (C=O) groups is 1. The summed E-state index contributed by atoms with van der Waals surface area (Å²) < 4.78 is 0. The smallest absolute Gasteiger partial charge is 0.248 e. The number of hydrogen-bond donors (Lipinski definition) is 2. The van der Waals surface area contributed by atoms with Crippen LogP contribution in [0.2, 0.25) is 5.02 Å². The van der Waals surface area contributed by atoms with Gasteiger partial charge < -0.3 is 11.1 Å². The molecule has 0 saturated carbocycles. The lowest BCUT2D eigenvalue weighted by Gasteiger charge is -2.17. The second-order valence-corrected chi connectivity index (χ2v) is 6.29. The van der Waals surface area contributed by atoms with Crippen LogP contribution >= 0.6 is 22.9 Å². The van der Waals surface area contributed by atoms with Crippen LogP contribution in [-0.2, 0) is 6.54 Å². The van der Waals surface area contributed by atoms with E-state index in [1.807, 2.05) is 6.07 Å². The lowest BCUT2D eigenvalue weighted by molar-refractivity contribution is 0.100. The predicted molar refractivity (Wildman–Crippen MR) is 88.8 cm³/mol. The predicted octanol–water partition coefficient (Wildman–Crippen LogP) is 4.13. The largest absolute Gasteiger partial charge is 0.366 e. The highest BCUT2D eigenvalue weighted by Gasteiger charge is 2.12. The van der Waals surface area contributed by atoms with E-state index >= 15 is 0 Å². The van der Waals surface area contributed by atoms with Gasteiger partial charge in [0.25, 0.3) is 0 Å². The number of benzene rings is 1. The van der Waals surface area contributed by atoms with Crippen LogP contribution in [0.25, 0.3) is 0 Å². The van der Waals surface area contributed by atoms with Gasteiger partial charge in [-0.25, -0.2) is 0 Å². The molecule has 3 nitrogen and oxygen atoms in total. The Bertz CT molecular complexity index is 598. The van der Waals surface area contributed by atoms with Gasteiger partial charge >= 0.3 is 0 Å². The minimum Gasteiger partial charge on any atom is -0.366 e. The van der Waals surface area contributed by atoms with Crippen LogP contribution in [0.1, 0.15) is 46.6 Å². The maximum absolute atomic E-state index is 11.1. The van der Waals surface area contributed by atoms with Gasteiger partial charge in [0.1, 0.15) is 0 Å². The Morgan fingerprint density at radius 3 is 2.81 bits per heavy atom. The Morgan fingerprint density at radius 1 is 1.43 bits per heavy atom. The molecule has 21 heavy (non-hydrogen) atoms. The van der Waals surface area contributed by atoms with Crippen LogP contribution in [0.4, 0.5) is 0 Å². The molecule has 1 aromatic heterocycles. The molecule has 0 bridgehead atoms. The van der Waals surface area contributed by atoms with Crippen LogP contribution in [-0.4, -0.2) is 5.91 Å². The lowest BCUT2D eigenvalue weighted by Crippen LogP contribution is -2.20. The first-order valence-corrected chi connectivity index (χ1v) is 8.22. The third kappa shape index (κ3) is 4.30. The van der Waals surface area contributed by atoms with Crippen molar-refractivity contribution in [1.29, 1.82) is 0 Å². The fraction of sp³-hybridized carbons (Fsp3) is 0.312. The standard InChI is InChI=1S/C16H19ClN2OS/c1-2-4-14(15-5-3-8-21-15)19-10-12-7-6-11(16(18)20)9-13(12)17/h3,5-9,14,19H,2,4,10H2,1H3,(H2,18,20). The zero-order valence-corrected chi connectivity index (χ0v) is 13.5. The van der Waals surface area contributed by atoms with Crippen molar-refractivity contribution in [2.45, 2.75) is 32.4 Å². The molecular formula is C16H19ClN2OS. The first-order valence-electron chi connectivity index (χ1n) is 6.96. The van der Waals surface area contributed by atoms with Crippen LogP contribution in [0.5, 0.6) is 0 Å². The molecule has 112 valence electrons. The van der Waals surface area contributed by atoms with Crippen molar-refractivity contribution in [3.63, 3.8) is 0 Å². The van der Waals surface area contributed by atoms with Crippen LogP contribution < -0.4 is 11.1 Å². The minimum atomic E-state index is -0.459. The van der Waals surface area contributed by atoms with E-state index in [1.54, 1.807) is 23.5 Å². The molecule has 1 amide bonds. The minimum absolute atomic E-state index is 0.335. The first-order chi connectivity index (χ1) is 10.1. The summed E-state index contributed by atoms with van der Waals surface area (Å²) in [7, 11) is 0. The van der Waals surface area contributed by atoms with Crippen LogP contribution in [0.3, 0.4) is 0 Å². The summed E-state index contributed by atoms with van der Waals surface area (Å²) in [6, 6.07) is 9.75. The van der Waals surface area contributed by atoms with Crippen LogP contribution in [0.15, 0.2) is 35.7 Å². The van der Waals surface area contributed by atoms with Gasteiger partial charge in [0.2, 0.25) is 5.91 Å². The molecule has 2 aromatic rings. The zero-order valence-electron chi connectivity index (χ0n) is 11.9. The number of carbonyl (C=O) groups excluding carboxylic acids is 1. The Balaban J connectivity index is 2.05. The van der Waals surface area contributed by atoms with Gasteiger partial charge in [0.05, 0.1) is 0 Å². The fourth-order valence-corrected chi connectivity index (χ4v) is 3.28. The molecule has 0 aliphatic heterocycles. The van der Waals surface area contributed by atoms with Gasteiger partial charge in [-0.3, -0.25) is 4.79 Å². The Labute approximate surface area is 134 Å². The quantitative estimate of drug-likeness (QED) is 0.805. The van der Waals surface area contributed by atoms with Gasteiger partial charge in [-0.15, -0.1) is 11.3 Å². The maximum Gasteiger partial charge on any atom is 0.248 e. The summed E-state index contributed by atoms with van der Waals surface area (Å²) in [5.41, 5.74) is 6.66. The molecule has 1 heterocycles. The molecule has 1 aromatic carbocycles. The number of halogens is 1. The second-order valence-electron chi connectivity index (χ2n) is 4.91. The highest BCUT2D eigenvalue weighted by Crippen LogP contribution is 2.25. The van der Waals surface area contributed by atoms with Gasteiger partial charge in [0.15, 0.2) is 0 Å². The second kappa shape index (κ2) is 7.59. The Morgan fingerprint density at radius 2 is 2.24 bits per heavy atom. The number of amides is 1. The van der Waals surface area contributed by atoms with Crippen molar-refractivity contribution in [3.8, 4) is 0 Å². The van der Waals surface area contributed by atoms with E-state index in [1.165, 1.54) is 4.88 Å². The molecule has 0 saturated heterocycles. The molecule has 1 atom stereocenters. The maximum atomic E-state index is 11.1. The summed E-state index contributed by atoms with van der Waals surface area (Å²) in [4.78, 5) is 12.5. The third-order valence-corrected chi connectivity index (χ3v) is 4.68. The Hall–Kier alpha value is -1.36. The fourth-order valence-electron chi connectivity index (χ4n) is 2.20. The van der Waals surface area contributed by atoms with Gasteiger partial charge in [-0.1, -0.05) is 37.1 Å². The first kappa shape index (κ1) is 16.0. The molecule has 2 rings (SSSR count). The molecule has 0 aliphatic carbocycles. The molecular weight excluding hydrogens is 304 g/mol. The number of rotatable bonds is 7. The number of hydrogen-bond acceptors (Lipinski definition) is 3. The average molecular weight is 323 g/mol. The van der Waals surface area contributed by atoms with Gasteiger partial charge in [-0.05, 0) is 35.6 Å². The van der Waals surface area contributed by atoms with Crippen molar-refractivity contribution in [1.82, 2.24) is 5.32 Å². The number of thiophene rings is 1. The van der Waals surface area contributed by atoms with Crippen molar-refractivity contribution in [3.05, 3.63) is 56.7 Å². The molecule has 5 heteroatoms. The van der Waals surface area contributed by atoms with Crippen molar-refractivity contribution < 1.29 is 4.79 Å². The molecule has 0 radical (unpaired) electrons. The van der Waals surface area contributed by atoms with E-state index in [9.17, 15) is 4.79 Å². The summed E-state index contributed by atoms with van der Waals surface area (Å²) in [6.45, 7) is 2.84. The van der Waals surface area contributed by atoms with E-state index in [4.69, 9.17) is 17.3 Å². The molecule has 0 fully saturated rings. The summed E-state index contributed by atoms with van der Waals surface area (Å²) in [5, 5.41) is 6.20. The van der Waals surface area contributed by atoms with E-state index in [0.717, 1.165) is 18.4 Å². The van der Waals surface area contributed by atoms with E-state index in [2.05, 4.69) is 29.8 Å². The van der Waals surface area contributed by atoms with E-state index in [-0.39, 0.29) is 0 Å². The monoisotopic (exact) mass is 322 g/mol. The highest BCUT2D eigenvalue weighted by atomic mass is 35.5. The lowest BCUT2D eigenvalue weighted by atomic mass is 10.1. The topological polar surface area (TPSA) is 55.1 Å². The Kier molecular flexibility index (Phi) is 5.79. The number of primary amides is 1. The zero-order chi connectivity index (χ0) is 15.2. The number of nitrogens with two attached hydrogens (primary N) is 1. The summed E-state index contributed by atoms with van der Waals surface area (Å²) in [5.74, 6) is -0.459. The summed E-state index contributed by atoms with van der Waals surface area (Å²) >= 11 is 7.97. The van der Waals surface area contributed by atoms with Crippen LogP contribution in [0, 0.1) is 0 Å². The van der Waals surface area contributed by atoms with Crippen molar-refractivity contribution >= 4 is 28.8 Å². The van der Waals surface area contributed by atoms with Crippen molar-refractivity contribution in [2.75, 3.05) is 0 Å². The van der Waals surface area contributed by atoms with Gasteiger partial charge in [-0.2, -0.15) is 0 Å². The van der Waals surface area contributed by atoms with Crippen molar-refractivity contribution in [2.24, 2.45) is 5.73 Å². The normalized spacial score (nSPS) is 12.3.